The number of rotatable bonds is 3. The molecule has 2 fully saturated rings. The second-order valence-electron chi connectivity index (χ2n) is 7.18. The summed E-state index contributed by atoms with van der Waals surface area (Å²) in [6.07, 6.45) is 7.17. The molecule has 138 valence electrons. The highest BCUT2D eigenvalue weighted by atomic mass is 16.2. The quantitative estimate of drug-likeness (QED) is 0.805. The van der Waals surface area contributed by atoms with Crippen molar-refractivity contribution < 1.29 is 4.79 Å². The SMILES string of the molecule is CC(=O)N1CCN(C2CN(c3cncc(-n4cccn4)n3)CC2C)CC1. The van der Waals surface area contributed by atoms with Crippen LogP contribution in [0.2, 0.25) is 0 Å². The van der Waals surface area contributed by atoms with E-state index in [2.05, 4.69) is 26.8 Å². The first-order valence-electron chi connectivity index (χ1n) is 9.18. The number of anilines is 1. The predicted octanol–water partition coefficient (Wildman–Crippen LogP) is 0.651. The van der Waals surface area contributed by atoms with E-state index in [0.29, 0.717) is 12.0 Å². The average molecular weight is 355 g/mol. The lowest BCUT2D eigenvalue weighted by Crippen LogP contribution is -2.53. The van der Waals surface area contributed by atoms with Crippen LogP contribution in [0.5, 0.6) is 0 Å². The summed E-state index contributed by atoms with van der Waals surface area (Å²) < 4.78 is 1.73. The van der Waals surface area contributed by atoms with E-state index >= 15 is 0 Å². The third kappa shape index (κ3) is 3.29. The Balaban J connectivity index is 1.44. The molecule has 2 aromatic rings. The molecule has 1 amide bonds. The summed E-state index contributed by atoms with van der Waals surface area (Å²) >= 11 is 0. The molecule has 2 aliphatic heterocycles. The molecule has 8 nitrogen and oxygen atoms in total. The second-order valence-corrected chi connectivity index (χ2v) is 7.18. The summed E-state index contributed by atoms with van der Waals surface area (Å²) in [6.45, 7) is 9.41. The van der Waals surface area contributed by atoms with Gasteiger partial charge in [-0.05, 0) is 12.0 Å². The lowest BCUT2D eigenvalue weighted by Gasteiger charge is -2.38. The highest BCUT2D eigenvalue weighted by Crippen LogP contribution is 2.26. The largest absolute Gasteiger partial charge is 0.353 e. The fraction of sp³-hybridized carbons (Fsp3) is 0.556. The van der Waals surface area contributed by atoms with Crippen LogP contribution in [0.1, 0.15) is 13.8 Å². The van der Waals surface area contributed by atoms with Gasteiger partial charge in [-0.1, -0.05) is 6.92 Å². The van der Waals surface area contributed by atoms with Crippen LogP contribution in [0.3, 0.4) is 0 Å². The minimum Gasteiger partial charge on any atom is -0.353 e. The molecule has 2 aliphatic rings. The summed E-state index contributed by atoms with van der Waals surface area (Å²) in [5.41, 5.74) is 0. The number of nitrogens with zero attached hydrogens (tertiary/aromatic N) is 7. The predicted molar refractivity (Wildman–Crippen MR) is 98.1 cm³/mol. The highest BCUT2D eigenvalue weighted by molar-refractivity contribution is 5.73. The van der Waals surface area contributed by atoms with Gasteiger partial charge in [-0.25, -0.2) is 9.67 Å². The molecular weight excluding hydrogens is 330 g/mol. The highest BCUT2D eigenvalue weighted by Gasteiger charge is 2.36. The van der Waals surface area contributed by atoms with E-state index in [-0.39, 0.29) is 5.91 Å². The Morgan fingerprint density at radius 1 is 1.12 bits per heavy atom. The normalized spacial score (nSPS) is 24.2. The third-order valence-electron chi connectivity index (χ3n) is 5.47. The number of carbonyl (C=O) groups is 1. The molecule has 0 bridgehead atoms. The van der Waals surface area contributed by atoms with Crippen LogP contribution in [-0.2, 0) is 4.79 Å². The molecule has 0 saturated carbocycles. The van der Waals surface area contributed by atoms with Gasteiger partial charge in [-0.2, -0.15) is 5.10 Å². The summed E-state index contributed by atoms with van der Waals surface area (Å²) in [7, 11) is 0. The van der Waals surface area contributed by atoms with Crippen molar-refractivity contribution in [3.8, 4) is 5.82 Å². The van der Waals surface area contributed by atoms with Gasteiger partial charge < -0.3 is 9.80 Å². The molecule has 2 saturated heterocycles. The molecule has 4 heterocycles. The maximum atomic E-state index is 11.5. The Morgan fingerprint density at radius 3 is 2.58 bits per heavy atom. The van der Waals surface area contributed by atoms with Crippen LogP contribution in [-0.4, -0.2) is 80.8 Å². The van der Waals surface area contributed by atoms with E-state index in [0.717, 1.165) is 50.9 Å². The summed E-state index contributed by atoms with van der Waals surface area (Å²) in [5, 5.41) is 4.23. The molecule has 2 aromatic heterocycles. The van der Waals surface area contributed by atoms with Gasteiger partial charge in [0.25, 0.3) is 0 Å². The zero-order valence-electron chi connectivity index (χ0n) is 15.3. The number of carbonyl (C=O) groups excluding carboxylic acids is 1. The van der Waals surface area contributed by atoms with E-state index in [4.69, 9.17) is 4.98 Å². The smallest absolute Gasteiger partial charge is 0.219 e. The standard InChI is InChI=1S/C18H25N7O/c1-14-12-24(13-16(14)23-8-6-22(7-9-23)15(2)26)17-10-19-11-18(21-17)25-5-3-4-20-25/h3-5,10-11,14,16H,6-9,12-13H2,1-2H3. The molecule has 26 heavy (non-hydrogen) atoms. The van der Waals surface area contributed by atoms with Gasteiger partial charge in [0.2, 0.25) is 5.91 Å². The number of piperazine rings is 1. The maximum Gasteiger partial charge on any atom is 0.219 e. The molecule has 2 unspecified atom stereocenters. The van der Waals surface area contributed by atoms with Gasteiger partial charge in [0.15, 0.2) is 5.82 Å². The molecule has 4 rings (SSSR count). The Labute approximate surface area is 153 Å². The van der Waals surface area contributed by atoms with E-state index in [1.807, 2.05) is 23.4 Å². The molecule has 0 aromatic carbocycles. The maximum absolute atomic E-state index is 11.5. The summed E-state index contributed by atoms with van der Waals surface area (Å²) in [6, 6.07) is 2.36. The van der Waals surface area contributed by atoms with Gasteiger partial charge in [0.05, 0.1) is 12.4 Å². The molecule has 8 heteroatoms. The lowest BCUT2D eigenvalue weighted by molar-refractivity contribution is -0.130. The van der Waals surface area contributed by atoms with Crippen LogP contribution in [0.4, 0.5) is 5.82 Å². The first-order chi connectivity index (χ1) is 12.6. The average Bonchev–Trinajstić information content (AvgIpc) is 3.32. The van der Waals surface area contributed by atoms with E-state index < -0.39 is 0 Å². The topological polar surface area (TPSA) is 70.4 Å². The zero-order valence-corrected chi connectivity index (χ0v) is 15.3. The summed E-state index contributed by atoms with van der Waals surface area (Å²) in [5.74, 6) is 2.36. The van der Waals surface area contributed by atoms with Gasteiger partial charge in [0, 0.05) is 64.6 Å². The number of amides is 1. The molecule has 0 aliphatic carbocycles. The van der Waals surface area contributed by atoms with Crippen molar-refractivity contribution in [2.75, 3.05) is 44.2 Å². The van der Waals surface area contributed by atoms with E-state index in [1.54, 1.807) is 24.0 Å². The second kappa shape index (κ2) is 7.03. The third-order valence-corrected chi connectivity index (χ3v) is 5.47. The first kappa shape index (κ1) is 17.0. The number of hydrogen-bond donors (Lipinski definition) is 0. The molecule has 0 radical (unpaired) electrons. The van der Waals surface area contributed by atoms with Crippen molar-refractivity contribution in [3.63, 3.8) is 0 Å². The van der Waals surface area contributed by atoms with E-state index in [9.17, 15) is 4.79 Å². The van der Waals surface area contributed by atoms with Crippen molar-refractivity contribution in [2.24, 2.45) is 5.92 Å². The van der Waals surface area contributed by atoms with Gasteiger partial charge in [-0.15, -0.1) is 0 Å². The molecule has 0 spiro atoms. The van der Waals surface area contributed by atoms with Crippen molar-refractivity contribution in [1.29, 1.82) is 0 Å². The Hall–Kier alpha value is -2.48. The number of aromatic nitrogens is 4. The fourth-order valence-electron chi connectivity index (χ4n) is 3.99. The van der Waals surface area contributed by atoms with Gasteiger partial charge >= 0.3 is 0 Å². The van der Waals surface area contributed by atoms with Gasteiger partial charge in [0.1, 0.15) is 5.82 Å². The fourth-order valence-corrected chi connectivity index (χ4v) is 3.99. The van der Waals surface area contributed by atoms with Crippen LogP contribution < -0.4 is 4.90 Å². The molecule has 2 atom stereocenters. The van der Waals surface area contributed by atoms with Crippen LogP contribution in [0.25, 0.3) is 5.82 Å². The Morgan fingerprint density at radius 2 is 1.88 bits per heavy atom. The van der Waals surface area contributed by atoms with Gasteiger partial charge in [-0.3, -0.25) is 14.7 Å². The summed E-state index contributed by atoms with van der Waals surface area (Å²) in [4.78, 5) is 27.4. The van der Waals surface area contributed by atoms with Crippen LogP contribution in [0.15, 0.2) is 30.9 Å². The van der Waals surface area contributed by atoms with Crippen molar-refractivity contribution in [2.45, 2.75) is 19.9 Å². The van der Waals surface area contributed by atoms with Crippen LogP contribution in [0, 0.1) is 5.92 Å². The molecular formula is C18H25N7O. The Bertz CT molecular complexity index is 755. The van der Waals surface area contributed by atoms with Crippen LogP contribution >= 0.6 is 0 Å². The van der Waals surface area contributed by atoms with E-state index in [1.165, 1.54) is 0 Å². The minimum absolute atomic E-state index is 0.177. The lowest BCUT2D eigenvalue weighted by atomic mass is 10.0. The molecule has 0 N–H and O–H groups in total. The zero-order chi connectivity index (χ0) is 18.1. The van der Waals surface area contributed by atoms with Crippen molar-refractivity contribution in [1.82, 2.24) is 29.5 Å². The number of hydrogen-bond acceptors (Lipinski definition) is 6. The first-order valence-corrected chi connectivity index (χ1v) is 9.18. The van der Waals surface area contributed by atoms with Crippen molar-refractivity contribution >= 4 is 11.7 Å². The Kier molecular flexibility index (Phi) is 4.58. The monoisotopic (exact) mass is 355 g/mol. The minimum atomic E-state index is 0.177. The van der Waals surface area contributed by atoms with Crippen molar-refractivity contribution in [3.05, 3.63) is 30.9 Å².